The fourth-order valence-electron chi connectivity index (χ4n) is 9.66. The molecule has 10 rings (SSSR count). The normalized spacial score (nSPS) is 18.4. The summed E-state index contributed by atoms with van der Waals surface area (Å²) in [5.74, 6) is 2.49. The summed E-state index contributed by atoms with van der Waals surface area (Å²) in [4.78, 5) is 2.40. The number of para-hydroxylation sites is 1. The molecule has 0 saturated carbocycles. The van der Waals surface area contributed by atoms with E-state index in [1.165, 1.54) is 27.6 Å². The number of hydrogen-bond acceptors (Lipinski definition) is 6. The van der Waals surface area contributed by atoms with Crippen molar-refractivity contribution in [1.29, 1.82) is 0 Å². The van der Waals surface area contributed by atoms with Crippen LogP contribution in [-0.2, 0) is 15.8 Å². The molecule has 1 aromatic heterocycles. The first-order valence-electron chi connectivity index (χ1n) is 19.1. The molecular formula is C48H43NO5. The molecule has 3 heterocycles. The minimum atomic E-state index is -0.963. The largest absolute Gasteiger partial charge is 0.497 e. The molecule has 54 heavy (non-hydrogen) atoms. The zero-order valence-electron chi connectivity index (χ0n) is 31.2. The predicted molar refractivity (Wildman–Crippen MR) is 217 cm³/mol. The van der Waals surface area contributed by atoms with Crippen LogP contribution in [0.15, 0.2) is 114 Å². The summed E-state index contributed by atoms with van der Waals surface area (Å²) >= 11 is 0. The first kappa shape index (κ1) is 32.9. The first-order valence-corrected chi connectivity index (χ1v) is 19.1. The highest BCUT2D eigenvalue weighted by Gasteiger charge is 2.47. The lowest BCUT2D eigenvalue weighted by Crippen LogP contribution is -2.36. The van der Waals surface area contributed by atoms with Gasteiger partial charge in [-0.2, -0.15) is 0 Å². The Hall–Kier alpha value is -5.72. The third-order valence-electron chi connectivity index (χ3n) is 12.4. The maximum absolute atomic E-state index is 7.76. The van der Waals surface area contributed by atoms with E-state index in [4.69, 9.17) is 23.4 Å². The molecule has 0 radical (unpaired) electrons. The van der Waals surface area contributed by atoms with Gasteiger partial charge < -0.3 is 28.3 Å². The van der Waals surface area contributed by atoms with Crippen LogP contribution in [0.1, 0.15) is 54.5 Å². The zero-order chi connectivity index (χ0) is 36.6. The number of furan rings is 1. The molecule has 0 amide bonds. The summed E-state index contributed by atoms with van der Waals surface area (Å²) in [5.41, 5.74) is 10.2. The van der Waals surface area contributed by atoms with Crippen molar-refractivity contribution in [2.75, 3.05) is 45.4 Å². The molecule has 270 valence electrons. The molecule has 3 aliphatic rings. The highest BCUT2D eigenvalue weighted by atomic mass is 16.5. The van der Waals surface area contributed by atoms with Crippen LogP contribution >= 0.6 is 0 Å². The predicted octanol–water partition coefficient (Wildman–Crippen LogP) is 11.0. The highest BCUT2D eigenvalue weighted by molar-refractivity contribution is 6.11. The Labute approximate surface area is 315 Å². The molecule has 6 aromatic carbocycles. The second-order valence-electron chi connectivity index (χ2n) is 14.7. The van der Waals surface area contributed by atoms with Gasteiger partial charge in [0.2, 0.25) is 0 Å². The van der Waals surface area contributed by atoms with Gasteiger partial charge in [0.15, 0.2) is 5.60 Å². The van der Waals surface area contributed by atoms with Crippen LogP contribution in [0.4, 0.5) is 5.69 Å². The van der Waals surface area contributed by atoms with Crippen molar-refractivity contribution in [3.63, 3.8) is 0 Å². The van der Waals surface area contributed by atoms with Crippen molar-refractivity contribution >= 4 is 44.5 Å². The van der Waals surface area contributed by atoms with Crippen LogP contribution in [0.5, 0.6) is 17.2 Å². The molecule has 7 aromatic rings. The van der Waals surface area contributed by atoms with Crippen LogP contribution in [0.2, 0.25) is 0 Å². The van der Waals surface area contributed by atoms with E-state index in [-0.39, 0.29) is 5.41 Å². The Morgan fingerprint density at radius 2 is 1.44 bits per heavy atom. The third kappa shape index (κ3) is 4.56. The van der Waals surface area contributed by atoms with Crippen LogP contribution in [0.25, 0.3) is 49.9 Å². The Morgan fingerprint density at radius 3 is 2.22 bits per heavy atom. The molecule has 0 N–H and O–H groups in total. The number of methoxy groups -OCH3 is 2. The van der Waals surface area contributed by atoms with Gasteiger partial charge in [-0.1, -0.05) is 80.6 Å². The summed E-state index contributed by atoms with van der Waals surface area (Å²) in [6.07, 6.45) is 6.55. The topological polar surface area (TPSA) is 53.3 Å². The monoisotopic (exact) mass is 713 g/mol. The quantitative estimate of drug-likeness (QED) is 0.164. The maximum atomic E-state index is 7.76. The van der Waals surface area contributed by atoms with E-state index in [0.717, 1.165) is 92.9 Å². The fourth-order valence-corrected chi connectivity index (χ4v) is 9.66. The van der Waals surface area contributed by atoms with E-state index >= 15 is 0 Å². The molecule has 1 fully saturated rings. The lowest BCUT2D eigenvalue weighted by atomic mass is 9.71. The van der Waals surface area contributed by atoms with Gasteiger partial charge in [-0.05, 0) is 89.0 Å². The smallest absolute Gasteiger partial charge is 0.178 e. The van der Waals surface area contributed by atoms with E-state index in [1.54, 1.807) is 14.2 Å². The van der Waals surface area contributed by atoms with Crippen molar-refractivity contribution in [3.8, 4) is 28.4 Å². The Kier molecular flexibility index (Phi) is 7.57. The summed E-state index contributed by atoms with van der Waals surface area (Å²) in [6, 6.07) is 36.6. The van der Waals surface area contributed by atoms with Gasteiger partial charge in [-0.3, -0.25) is 0 Å². The molecule has 0 spiro atoms. The van der Waals surface area contributed by atoms with Crippen molar-refractivity contribution in [2.45, 2.75) is 37.7 Å². The number of benzene rings is 6. The summed E-state index contributed by atoms with van der Waals surface area (Å²) in [6.45, 7) is 7.66. The van der Waals surface area contributed by atoms with Gasteiger partial charge in [0.1, 0.15) is 28.4 Å². The molecule has 1 saturated heterocycles. The minimum Gasteiger partial charge on any atom is -0.497 e. The highest BCUT2D eigenvalue weighted by Crippen LogP contribution is 2.61. The van der Waals surface area contributed by atoms with Crippen LogP contribution in [0.3, 0.4) is 0 Å². The molecule has 1 aliphatic carbocycles. The third-order valence-corrected chi connectivity index (χ3v) is 12.4. The van der Waals surface area contributed by atoms with Gasteiger partial charge in [-0.25, -0.2) is 0 Å². The number of morpholine rings is 1. The zero-order valence-corrected chi connectivity index (χ0v) is 31.2. The number of anilines is 1. The summed E-state index contributed by atoms with van der Waals surface area (Å²) < 4.78 is 31.7. The second kappa shape index (κ2) is 12.4. The van der Waals surface area contributed by atoms with E-state index in [1.807, 2.05) is 24.3 Å². The van der Waals surface area contributed by atoms with Crippen LogP contribution in [0, 0.1) is 0 Å². The van der Waals surface area contributed by atoms with Crippen LogP contribution < -0.4 is 19.1 Å². The number of rotatable bonds is 7. The average Bonchev–Trinajstić information content (AvgIpc) is 3.77. The van der Waals surface area contributed by atoms with Crippen molar-refractivity contribution in [1.82, 2.24) is 0 Å². The molecular weight excluding hydrogens is 671 g/mol. The number of hydrogen-bond donors (Lipinski definition) is 0. The molecule has 6 heteroatoms. The van der Waals surface area contributed by atoms with Crippen molar-refractivity contribution < 1.29 is 23.4 Å². The average molecular weight is 714 g/mol. The molecule has 1 unspecified atom stereocenters. The Bertz CT molecular complexity index is 2630. The number of ether oxygens (including phenoxy) is 4. The number of fused-ring (bicyclic) bond motifs is 11. The first-order chi connectivity index (χ1) is 26.5. The fraction of sp³-hybridized carbons (Fsp3) is 0.250. The van der Waals surface area contributed by atoms with Crippen molar-refractivity contribution in [3.05, 3.63) is 137 Å². The Balaban J connectivity index is 1.29. The standard InChI is InChI=1S/C48H43NO5/c1-5-47(6-2)39-13-9-7-12-34(39)44-37-28-40(49-23-25-52-26-24-49)43(51-4)29-38(37)46-35(45(44)47)21-22-48(54-46,30-15-18-32(50-3)19-16-30)31-17-20-42-36(27-31)33-11-8-10-14-41(33)53-42/h7-22,27-29H,5-6,23-26H2,1-4H3. The lowest BCUT2D eigenvalue weighted by molar-refractivity contribution is 0.122. The SMILES string of the molecule is CCC1(CC)c2ccccc2-c2c1c1c(c3cc(OC)c(N4CCOCC4)cc23)OC(c2ccc(OC)cc2)(c2ccc3oc4ccccc4c3c2)C=C1. The van der Waals surface area contributed by atoms with Gasteiger partial charge in [0.05, 0.1) is 33.1 Å². The van der Waals surface area contributed by atoms with Gasteiger partial charge in [-0.15, -0.1) is 0 Å². The summed E-state index contributed by atoms with van der Waals surface area (Å²) in [7, 11) is 3.47. The lowest BCUT2D eigenvalue weighted by Gasteiger charge is -2.39. The number of nitrogens with zero attached hydrogens (tertiary/aromatic N) is 1. The summed E-state index contributed by atoms with van der Waals surface area (Å²) in [5, 5.41) is 4.35. The van der Waals surface area contributed by atoms with Gasteiger partial charge in [0, 0.05) is 51.4 Å². The van der Waals surface area contributed by atoms with E-state index < -0.39 is 5.60 Å². The van der Waals surface area contributed by atoms with Gasteiger partial charge >= 0.3 is 0 Å². The molecule has 6 nitrogen and oxygen atoms in total. The van der Waals surface area contributed by atoms with Gasteiger partial charge in [0.25, 0.3) is 0 Å². The maximum Gasteiger partial charge on any atom is 0.178 e. The molecule has 1 atom stereocenters. The van der Waals surface area contributed by atoms with Crippen LogP contribution in [-0.4, -0.2) is 40.5 Å². The second-order valence-corrected chi connectivity index (χ2v) is 14.7. The molecule has 0 bridgehead atoms. The van der Waals surface area contributed by atoms with E-state index in [2.05, 4.69) is 110 Å². The van der Waals surface area contributed by atoms with Crippen molar-refractivity contribution in [2.24, 2.45) is 0 Å². The molecule has 2 aliphatic heterocycles. The minimum absolute atomic E-state index is 0.175. The van der Waals surface area contributed by atoms with E-state index in [9.17, 15) is 0 Å². The Morgan fingerprint density at radius 1 is 0.704 bits per heavy atom. The van der Waals surface area contributed by atoms with E-state index in [0.29, 0.717) is 13.2 Å².